The van der Waals surface area contributed by atoms with E-state index < -0.39 is 5.97 Å². The van der Waals surface area contributed by atoms with Gasteiger partial charge in [-0.3, -0.25) is 4.79 Å². The predicted octanol–water partition coefficient (Wildman–Crippen LogP) is 5.98. The first-order valence-electron chi connectivity index (χ1n) is 10.6. The van der Waals surface area contributed by atoms with E-state index in [2.05, 4.69) is 24.0 Å². The highest BCUT2D eigenvalue weighted by Crippen LogP contribution is 2.33. The molecule has 0 saturated carbocycles. The van der Waals surface area contributed by atoms with Crippen LogP contribution in [0.25, 0.3) is 10.9 Å². The molecule has 30 heavy (non-hydrogen) atoms. The number of hydrogen-bond donors (Lipinski definition) is 1. The largest absolute Gasteiger partial charge is 0.480 e. The third-order valence-corrected chi connectivity index (χ3v) is 5.15. The Hall–Kier alpha value is -3.08. The van der Waals surface area contributed by atoms with Crippen LogP contribution in [0.15, 0.2) is 48.5 Å². The minimum atomic E-state index is -0.900. The van der Waals surface area contributed by atoms with Gasteiger partial charge in [-0.2, -0.15) is 0 Å². The lowest BCUT2D eigenvalue weighted by atomic mass is 10.0. The van der Waals surface area contributed by atoms with Gasteiger partial charge in [0.2, 0.25) is 0 Å². The predicted molar refractivity (Wildman–Crippen MR) is 122 cm³/mol. The number of unbranched alkanes of at least 4 members (excludes halogenated alkanes) is 3. The highest BCUT2D eigenvalue weighted by Gasteiger charge is 2.14. The Morgan fingerprint density at radius 2 is 1.83 bits per heavy atom. The molecule has 0 saturated heterocycles. The summed E-state index contributed by atoms with van der Waals surface area (Å²) in [6, 6.07) is 16.0. The fourth-order valence-corrected chi connectivity index (χ4v) is 3.44. The quantitative estimate of drug-likeness (QED) is 0.420. The smallest absolute Gasteiger partial charge is 0.323 e. The van der Waals surface area contributed by atoms with Gasteiger partial charge in [0.25, 0.3) is 0 Å². The summed E-state index contributed by atoms with van der Waals surface area (Å²) < 4.78 is 6.23. The van der Waals surface area contributed by atoms with Gasteiger partial charge in [0.1, 0.15) is 23.9 Å². The first kappa shape index (κ1) is 21.6. The van der Waals surface area contributed by atoms with Gasteiger partial charge in [0, 0.05) is 18.5 Å². The summed E-state index contributed by atoms with van der Waals surface area (Å²) in [6.07, 6.45) is 5.92. The molecule has 1 heterocycles. The normalized spacial score (nSPS) is 10.9. The molecule has 158 valence electrons. The lowest BCUT2D eigenvalue weighted by Crippen LogP contribution is -2.25. The summed E-state index contributed by atoms with van der Waals surface area (Å²) in [7, 11) is 1.72. The Balaban J connectivity index is 1.97. The number of benzene rings is 2. The number of likely N-dealkylation sites (N-methyl/N-ethyl adjacent to an activating group) is 1. The van der Waals surface area contributed by atoms with E-state index in [0.717, 1.165) is 28.6 Å². The van der Waals surface area contributed by atoms with Gasteiger partial charge in [0.15, 0.2) is 0 Å². The Kier molecular flexibility index (Phi) is 7.28. The van der Waals surface area contributed by atoms with Crippen molar-refractivity contribution in [3.63, 3.8) is 0 Å². The van der Waals surface area contributed by atoms with Gasteiger partial charge in [-0.05, 0) is 49.6 Å². The van der Waals surface area contributed by atoms with Crippen LogP contribution in [0.4, 0.5) is 5.82 Å². The molecule has 0 unspecified atom stereocenters. The van der Waals surface area contributed by atoms with Crippen LogP contribution >= 0.6 is 0 Å². The fraction of sp³-hybridized carbons (Fsp3) is 0.360. The van der Waals surface area contributed by atoms with Crippen LogP contribution < -0.4 is 9.64 Å². The minimum Gasteiger partial charge on any atom is -0.480 e. The number of pyridine rings is 1. The first-order valence-corrected chi connectivity index (χ1v) is 10.6. The molecule has 1 N–H and O–H groups in total. The van der Waals surface area contributed by atoms with Crippen LogP contribution in [0.2, 0.25) is 0 Å². The number of anilines is 1. The lowest BCUT2D eigenvalue weighted by molar-refractivity contribution is -0.135. The summed E-state index contributed by atoms with van der Waals surface area (Å²) >= 11 is 0. The SMILES string of the molecule is CCCCCCc1ccc2nc(N(C)CC(=O)O)cc(Oc3ccc(C)cc3)c2c1. The molecule has 0 aliphatic heterocycles. The second kappa shape index (κ2) is 10.1. The summed E-state index contributed by atoms with van der Waals surface area (Å²) in [5.74, 6) is 1.10. The number of aromatic nitrogens is 1. The van der Waals surface area contributed by atoms with Crippen LogP contribution in [-0.4, -0.2) is 29.7 Å². The highest BCUT2D eigenvalue weighted by molar-refractivity contribution is 5.88. The summed E-state index contributed by atoms with van der Waals surface area (Å²) in [6.45, 7) is 4.13. The maximum absolute atomic E-state index is 11.1. The third kappa shape index (κ3) is 5.72. The summed E-state index contributed by atoms with van der Waals surface area (Å²) in [5.41, 5.74) is 3.23. The minimum absolute atomic E-state index is 0.127. The Morgan fingerprint density at radius 1 is 1.07 bits per heavy atom. The van der Waals surface area contributed by atoms with Crippen LogP contribution in [0.1, 0.15) is 43.7 Å². The van der Waals surface area contributed by atoms with E-state index in [0.29, 0.717) is 11.6 Å². The van der Waals surface area contributed by atoms with Crippen LogP contribution in [-0.2, 0) is 11.2 Å². The molecule has 0 amide bonds. The number of hydrogen-bond acceptors (Lipinski definition) is 4. The number of nitrogens with zero attached hydrogens (tertiary/aromatic N) is 2. The molecule has 5 heteroatoms. The van der Waals surface area contributed by atoms with E-state index in [1.807, 2.05) is 43.3 Å². The molecule has 3 rings (SSSR count). The Bertz CT molecular complexity index is 999. The van der Waals surface area contributed by atoms with Crippen molar-refractivity contribution in [3.8, 4) is 11.5 Å². The third-order valence-electron chi connectivity index (χ3n) is 5.15. The molecule has 5 nitrogen and oxygen atoms in total. The Labute approximate surface area is 178 Å². The van der Waals surface area contributed by atoms with Gasteiger partial charge in [-0.1, -0.05) is 49.9 Å². The zero-order valence-electron chi connectivity index (χ0n) is 18.0. The average Bonchev–Trinajstić information content (AvgIpc) is 2.72. The average molecular weight is 407 g/mol. The van der Waals surface area contributed by atoms with Crippen LogP contribution in [0.3, 0.4) is 0 Å². The van der Waals surface area contributed by atoms with Gasteiger partial charge in [-0.15, -0.1) is 0 Å². The molecule has 0 atom stereocenters. The summed E-state index contributed by atoms with van der Waals surface area (Å²) in [4.78, 5) is 17.4. The van der Waals surface area contributed by atoms with Gasteiger partial charge in [0.05, 0.1) is 5.52 Å². The molecule has 0 aliphatic rings. The molecule has 0 fully saturated rings. The van der Waals surface area contributed by atoms with E-state index in [-0.39, 0.29) is 6.54 Å². The highest BCUT2D eigenvalue weighted by atomic mass is 16.5. The molecule has 2 aromatic carbocycles. The second-order valence-corrected chi connectivity index (χ2v) is 7.81. The maximum Gasteiger partial charge on any atom is 0.323 e. The van der Waals surface area contributed by atoms with Crippen molar-refractivity contribution < 1.29 is 14.6 Å². The van der Waals surface area contributed by atoms with Crippen molar-refractivity contribution >= 4 is 22.7 Å². The zero-order valence-corrected chi connectivity index (χ0v) is 18.0. The van der Waals surface area contributed by atoms with Crippen molar-refractivity contribution in [1.29, 1.82) is 0 Å². The molecule has 1 aromatic heterocycles. The monoisotopic (exact) mass is 406 g/mol. The Morgan fingerprint density at radius 3 is 2.53 bits per heavy atom. The van der Waals surface area contributed by atoms with E-state index in [1.54, 1.807) is 11.9 Å². The van der Waals surface area contributed by atoms with E-state index in [4.69, 9.17) is 9.84 Å². The topological polar surface area (TPSA) is 62.7 Å². The number of rotatable bonds is 10. The van der Waals surface area contributed by atoms with Crippen LogP contribution in [0, 0.1) is 6.92 Å². The molecule has 0 spiro atoms. The number of carboxylic acids is 1. The number of aryl methyl sites for hydroxylation is 2. The van der Waals surface area contributed by atoms with Gasteiger partial charge < -0.3 is 14.7 Å². The van der Waals surface area contributed by atoms with Crippen molar-refractivity contribution in [2.24, 2.45) is 0 Å². The van der Waals surface area contributed by atoms with Crippen molar-refractivity contribution in [2.75, 3.05) is 18.5 Å². The molecule has 0 radical (unpaired) electrons. The van der Waals surface area contributed by atoms with E-state index >= 15 is 0 Å². The second-order valence-electron chi connectivity index (χ2n) is 7.81. The zero-order chi connectivity index (χ0) is 21.5. The van der Waals surface area contributed by atoms with E-state index in [1.165, 1.54) is 31.2 Å². The lowest BCUT2D eigenvalue weighted by Gasteiger charge is -2.18. The molecule has 0 bridgehead atoms. The molecule has 0 aliphatic carbocycles. The number of ether oxygens (including phenoxy) is 1. The molecular weight excluding hydrogens is 376 g/mol. The van der Waals surface area contributed by atoms with Crippen molar-refractivity contribution in [3.05, 3.63) is 59.7 Å². The fourth-order valence-electron chi connectivity index (χ4n) is 3.44. The summed E-state index contributed by atoms with van der Waals surface area (Å²) in [5, 5.41) is 10.1. The maximum atomic E-state index is 11.1. The number of aliphatic carboxylic acids is 1. The molecular formula is C25H30N2O3. The molecule has 3 aromatic rings. The standard InChI is InChI=1S/C25H30N2O3/c1-4-5-6-7-8-19-11-14-22-21(15-19)23(30-20-12-9-18(2)10-13-20)16-24(26-22)27(3)17-25(28)29/h9-16H,4-8,17H2,1-3H3,(H,28,29). The number of carbonyl (C=O) groups is 1. The first-order chi connectivity index (χ1) is 14.5. The van der Waals surface area contributed by atoms with E-state index in [9.17, 15) is 4.79 Å². The van der Waals surface area contributed by atoms with Gasteiger partial charge in [-0.25, -0.2) is 4.98 Å². The van der Waals surface area contributed by atoms with Crippen LogP contribution in [0.5, 0.6) is 11.5 Å². The number of fused-ring (bicyclic) bond motifs is 1. The van der Waals surface area contributed by atoms with Crippen molar-refractivity contribution in [1.82, 2.24) is 4.98 Å². The number of carboxylic acid groups (broad SMARTS) is 1. The van der Waals surface area contributed by atoms with Gasteiger partial charge >= 0.3 is 5.97 Å². The van der Waals surface area contributed by atoms with Crippen molar-refractivity contribution in [2.45, 2.75) is 46.0 Å².